The van der Waals surface area contributed by atoms with Gasteiger partial charge in [-0.05, 0) is 18.7 Å². The van der Waals surface area contributed by atoms with Crippen LogP contribution in [0.4, 0.5) is 23.3 Å². The van der Waals surface area contributed by atoms with E-state index in [-0.39, 0.29) is 0 Å². The number of ether oxygens (including phenoxy) is 1. The van der Waals surface area contributed by atoms with Crippen LogP contribution in [0.3, 0.4) is 0 Å². The fourth-order valence-electron chi connectivity index (χ4n) is 4.17. The van der Waals surface area contributed by atoms with Crippen LogP contribution in [0.5, 0.6) is 0 Å². The minimum absolute atomic E-state index is 0.447. The molecule has 0 amide bonds. The molecule has 1 fully saturated rings. The lowest BCUT2D eigenvalue weighted by Gasteiger charge is -2.31. The minimum Gasteiger partial charge on any atom is -0.378 e. The molecule has 194 valence electrons. The van der Waals surface area contributed by atoms with Crippen LogP contribution >= 0.6 is 0 Å². The maximum absolute atomic E-state index is 10.9. The Labute approximate surface area is 218 Å². The number of anilines is 3. The van der Waals surface area contributed by atoms with Crippen LogP contribution in [-0.4, -0.2) is 86.4 Å². The van der Waals surface area contributed by atoms with E-state index in [1.54, 1.807) is 0 Å². The molecule has 3 aromatic rings. The van der Waals surface area contributed by atoms with Crippen LogP contribution in [0.2, 0.25) is 0 Å². The highest BCUT2D eigenvalue weighted by Crippen LogP contribution is 2.37. The number of aryl methyl sites for hydroxylation is 1. The van der Waals surface area contributed by atoms with Gasteiger partial charge >= 0.3 is 0 Å². The number of carbonyl (C=O) groups is 1. The van der Waals surface area contributed by atoms with E-state index in [0.717, 1.165) is 43.6 Å². The molecule has 2 aromatic heterocycles. The normalized spacial score (nSPS) is 13.3. The molecule has 3 heterocycles. The summed E-state index contributed by atoms with van der Waals surface area (Å²) in [6.07, 6.45) is 5.92. The molecule has 0 spiro atoms. The quantitative estimate of drug-likeness (QED) is 0.288. The number of carbonyl (C=O) groups excluding carboxylic acids is 1. The average molecular weight is 503 g/mol. The zero-order valence-electron chi connectivity index (χ0n) is 21.8. The number of morpholine rings is 1. The Morgan fingerprint density at radius 2 is 1.73 bits per heavy atom. The second-order valence-electron chi connectivity index (χ2n) is 9.02. The summed E-state index contributed by atoms with van der Waals surface area (Å²) in [5.74, 6) is 2.68. The number of benzene rings is 1. The molecule has 1 aromatic carbocycles. The average Bonchev–Trinajstić information content (AvgIpc) is 2.96. The van der Waals surface area contributed by atoms with Crippen LogP contribution in [0, 0.1) is 0 Å². The molecule has 4 rings (SSSR count). The molecule has 1 aliphatic heterocycles. The molecule has 0 radical (unpaired) electrons. The monoisotopic (exact) mass is 502 g/mol. The van der Waals surface area contributed by atoms with E-state index < -0.39 is 0 Å². The van der Waals surface area contributed by atoms with Crippen molar-refractivity contribution in [1.82, 2.24) is 19.9 Å². The molecular formula is C27H34N8O2. The largest absolute Gasteiger partial charge is 0.378 e. The second kappa shape index (κ2) is 12.4. The van der Waals surface area contributed by atoms with Gasteiger partial charge in [0, 0.05) is 58.2 Å². The number of hydrogen-bond acceptors (Lipinski definition) is 10. The molecule has 37 heavy (non-hydrogen) atoms. The van der Waals surface area contributed by atoms with Gasteiger partial charge in [-0.25, -0.2) is 19.9 Å². The SMILES string of the molecule is C=Nc1c(N(C)CCN(C)c2ncc(C=O)cn2)nc(-c2ccc(CCC)cc2)nc1N1CCOCC1. The summed E-state index contributed by atoms with van der Waals surface area (Å²) in [6, 6.07) is 8.46. The van der Waals surface area contributed by atoms with Crippen molar-refractivity contribution in [2.24, 2.45) is 4.99 Å². The predicted octanol–water partition coefficient (Wildman–Crippen LogP) is 3.44. The maximum atomic E-state index is 10.9. The van der Waals surface area contributed by atoms with Gasteiger partial charge in [0.25, 0.3) is 0 Å². The predicted molar refractivity (Wildman–Crippen MR) is 148 cm³/mol. The number of likely N-dealkylation sites (N-methyl/N-ethyl adjacent to an activating group) is 2. The highest BCUT2D eigenvalue weighted by Gasteiger charge is 2.23. The lowest BCUT2D eigenvalue weighted by Crippen LogP contribution is -2.37. The molecule has 1 saturated heterocycles. The van der Waals surface area contributed by atoms with Crippen molar-refractivity contribution >= 4 is 36.3 Å². The number of aliphatic imine (C=N–C) groups is 1. The molecule has 1 aliphatic rings. The summed E-state index contributed by atoms with van der Waals surface area (Å²) in [5, 5.41) is 0. The third-order valence-corrected chi connectivity index (χ3v) is 6.33. The fraction of sp³-hybridized carbons (Fsp3) is 0.407. The van der Waals surface area contributed by atoms with Crippen LogP contribution < -0.4 is 14.7 Å². The highest BCUT2D eigenvalue weighted by atomic mass is 16.5. The third kappa shape index (κ3) is 6.26. The van der Waals surface area contributed by atoms with Crippen LogP contribution in [0.15, 0.2) is 41.7 Å². The van der Waals surface area contributed by atoms with E-state index in [2.05, 4.69) is 62.7 Å². The lowest BCUT2D eigenvalue weighted by atomic mass is 10.1. The topological polar surface area (TPSA) is 99.9 Å². The molecular weight excluding hydrogens is 468 g/mol. The van der Waals surface area contributed by atoms with Gasteiger partial charge in [-0.15, -0.1) is 0 Å². The Morgan fingerprint density at radius 1 is 1.05 bits per heavy atom. The molecule has 10 heteroatoms. The van der Waals surface area contributed by atoms with Gasteiger partial charge in [0.05, 0.1) is 18.8 Å². The number of nitrogens with zero attached hydrogens (tertiary/aromatic N) is 8. The smallest absolute Gasteiger partial charge is 0.225 e. The van der Waals surface area contributed by atoms with Gasteiger partial charge in [0.1, 0.15) is 5.69 Å². The van der Waals surface area contributed by atoms with Crippen molar-refractivity contribution in [3.05, 3.63) is 47.8 Å². The maximum Gasteiger partial charge on any atom is 0.225 e. The van der Waals surface area contributed by atoms with Crippen LogP contribution in [0.1, 0.15) is 29.3 Å². The van der Waals surface area contributed by atoms with Crippen molar-refractivity contribution < 1.29 is 9.53 Å². The highest BCUT2D eigenvalue weighted by molar-refractivity contribution is 5.80. The number of hydrogen-bond donors (Lipinski definition) is 0. The summed E-state index contributed by atoms with van der Waals surface area (Å²) in [6.45, 7) is 10.0. The van der Waals surface area contributed by atoms with E-state index in [0.29, 0.717) is 55.1 Å². The first kappa shape index (κ1) is 26.2. The first-order valence-electron chi connectivity index (χ1n) is 12.5. The number of aromatic nitrogens is 4. The summed E-state index contributed by atoms with van der Waals surface area (Å²) in [5.41, 5.74) is 3.36. The Balaban J connectivity index is 1.64. The minimum atomic E-state index is 0.447. The van der Waals surface area contributed by atoms with Gasteiger partial charge in [0.15, 0.2) is 23.7 Å². The first-order chi connectivity index (χ1) is 18.0. The molecule has 0 saturated carbocycles. The van der Waals surface area contributed by atoms with E-state index >= 15 is 0 Å². The van der Waals surface area contributed by atoms with Gasteiger partial charge in [-0.1, -0.05) is 37.6 Å². The molecule has 0 atom stereocenters. The standard InChI is InChI=1S/C27H34N8O2/c1-5-6-20-7-9-22(10-8-20)24-31-25(23(28-2)26(32-24)35-13-15-37-16-14-35)33(3)11-12-34(4)27-29-17-21(19-36)18-30-27/h7-10,17-19H,2,5-6,11-16H2,1,3-4H3. The molecule has 0 unspecified atom stereocenters. The number of aldehydes is 1. The molecule has 0 bridgehead atoms. The Hall–Kier alpha value is -3.92. The van der Waals surface area contributed by atoms with Gasteiger partial charge < -0.3 is 19.4 Å². The van der Waals surface area contributed by atoms with E-state index in [1.165, 1.54) is 18.0 Å². The molecule has 0 N–H and O–H groups in total. The summed E-state index contributed by atoms with van der Waals surface area (Å²) in [4.78, 5) is 39.9. The van der Waals surface area contributed by atoms with Crippen molar-refractivity contribution in [1.29, 1.82) is 0 Å². The molecule has 10 nitrogen and oxygen atoms in total. The van der Waals surface area contributed by atoms with E-state index in [9.17, 15) is 4.79 Å². The Bertz CT molecular complexity index is 1190. The third-order valence-electron chi connectivity index (χ3n) is 6.33. The number of rotatable bonds is 11. The van der Waals surface area contributed by atoms with Crippen LogP contribution in [0.25, 0.3) is 11.4 Å². The van der Waals surface area contributed by atoms with Crippen molar-refractivity contribution in [2.45, 2.75) is 19.8 Å². The zero-order valence-corrected chi connectivity index (χ0v) is 21.8. The summed E-state index contributed by atoms with van der Waals surface area (Å²) >= 11 is 0. The van der Waals surface area contributed by atoms with Crippen molar-refractivity contribution in [2.75, 3.05) is 68.2 Å². The Morgan fingerprint density at radius 3 is 2.35 bits per heavy atom. The van der Waals surface area contributed by atoms with Gasteiger partial charge in [-0.2, -0.15) is 0 Å². The van der Waals surface area contributed by atoms with E-state index in [4.69, 9.17) is 14.7 Å². The lowest BCUT2D eigenvalue weighted by molar-refractivity contribution is 0.112. The second-order valence-corrected chi connectivity index (χ2v) is 9.02. The van der Waals surface area contributed by atoms with E-state index in [1.807, 2.05) is 19.0 Å². The zero-order chi connectivity index (χ0) is 26.2. The van der Waals surface area contributed by atoms with Crippen LogP contribution in [-0.2, 0) is 11.2 Å². The Kier molecular flexibility index (Phi) is 8.73. The first-order valence-corrected chi connectivity index (χ1v) is 12.5. The molecule has 0 aliphatic carbocycles. The van der Waals surface area contributed by atoms with Gasteiger partial charge in [0.2, 0.25) is 5.95 Å². The summed E-state index contributed by atoms with van der Waals surface area (Å²) in [7, 11) is 3.90. The fourth-order valence-corrected chi connectivity index (χ4v) is 4.17. The van der Waals surface area contributed by atoms with Gasteiger partial charge in [-0.3, -0.25) is 9.79 Å². The van der Waals surface area contributed by atoms with Crippen molar-refractivity contribution in [3.63, 3.8) is 0 Å². The van der Waals surface area contributed by atoms with Crippen molar-refractivity contribution in [3.8, 4) is 11.4 Å². The summed E-state index contributed by atoms with van der Waals surface area (Å²) < 4.78 is 5.57.